The molecule has 0 radical (unpaired) electrons. The predicted octanol–water partition coefficient (Wildman–Crippen LogP) is 3.91. The number of hydrogen-bond acceptors (Lipinski definition) is 3. The van der Waals surface area contributed by atoms with Crippen molar-refractivity contribution in [1.29, 1.82) is 0 Å². The highest BCUT2D eigenvalue weighted by atomic mass is 16.5. The molecular weight excluding hydrogens is 264 g/mol. The van der Waals surface area contributed by atoms with Gasteiger partial charge in [0.2, 0.25) is 0 Å². The van der Waals surface area contributed by atoms with Crippen molar-refractivity contribution in [3.8, 4) is 0 Å². The Balaban J connectivity index is 2.04. The molecule has 2 aliphatic rings. The summed E-state index contributed by atoms with van der Waals surface area (Å²) in [5.41, 5.74) is 0.0731. The van der Waals surface area contributed by atoms with E-state index in [1.165, 1.54) is 25.7 Å². The number of methoxy groups -OCH3 is 2. The molecule has 2 fully saturated rings. The Hall–Kier alpha value is -0.120. The Labute approximate surface area is 130 Å². The van der Waals surface area contributed by atoms with Crippen molar-refractivity contribution in [3.05, 3.63) is 0 Å². The quantitative estimate of drug-likeness (QED) is 0.646. The lowest BCUT2D eigenvalue weighted by molar-refractivity contribution is -0.136. The fraction of sp³-hybridized carbons (Fsp3) is 1.00. The molecule has 3 nitrogen and oxygen atoms in total. The summed E-state index contributed by atoms with van der Waals surface area (Å²) in [4.78, 5) is 0. The molecule has 0 amide bonds. The van der Waals surface area contributed by atoms with Crippen LogP contribution >= 0.6 is 0 Å². The van der Waals surface area contributed by atoms with Gasteiger partial charge in [0.1, 0.15) is 0 Å². The van der Waals surface area contributed by atoms with Crippen LogP contribution in [0.15, 0.2) is 0 Å². The smallest absolute Gasteiger partial charge is 0.0606 e. The molecule has 124 valence electrons. The molecule has 3 atom stereocenters. The van der Waals surface area contributed by atoms with Crippen molar-refractivity contribution in [2.45, 2.75) is 59.0 Å². The van der Waals surface area contributed by atoms with Gasteiger partial charge in [0.25, 0.3) is 0 Å². The third kappa shape index (κ3) is 3.46. The van der Waals surface area contributed by atoms with Crippen LogP contribution in [0.25, 0.3) is 0 Å². The second-order valence-corrected chi connectivity index (χ2v) is 7.91. The molecule has 0 aliphatic heterocycles. The molecule has 0 saturated heterocycles. The van der Waals surface area contributed by atoms with Gasteiger partial charge in [-0.1, -0.05) is 27.2 Å². The van der Waals surface area contributed by atoms with Crippen LogP contribution in [0, 0.1) is 22.7 Å². The van der Waals surface area contributed by atoms with Crippen molar-refractivity contribution >= 4 is 0 Å². The van der Waals surface area contributed by atoms with Gasteiger partial charge in [-0.25, -0.2) is 0 Å². The van der Waals surface area contributed by atoms with Crippen LogP contribution in [0.5, 0.6) is 0 Å². The molecule has 2 rings (SSSR count). The zero-order chi connectivity index (χ0) is 15.5. The Morgan fingerprint density at radius 1 is 0.952 bits per heavy atom. The zero-order valence-corrected chi connectivity index (χ0v) is 14.6. The summed E-state index contributed by atoms with van der Waals surface area (Å²) in [6.45, 7) is 9.02. The first-order valence-corrected chi connectivity index (χ1v) is 8.57. The molecule has 0 heterocycles. The highest BCUT2D eigenvalue weighted by molar-refractivity contribution is 4.95. The molecule has 2 bridgehead atoms. The van der Waals surface area contributed by atoms with Crippen LogP contribution in [-0.4, -0.2) is 40.1 Å². The van der Waals surface area contributed by atoms with Crippen molar-refractivity contribution in [2.75, 3.05) is 34.0 Å². The van der Waals surface area contributed by atoms with Gasteiger partial charge in [0.15, 0.2) is 0 Å². The minimum absolute atomic E-state index is 0.0624. The maximum absolute atomic E-state index is 6.44. The minimum atomic E-state index is -0.0624. The second-order valence-electron chi connectivity index (χ2n) is 7.91. The largest absolute Gasteiger partial charge is 0.384 e. The van der Waals surface area contributed by atoms with E-state index in [1.54, 1.807) is 14.2 Å². The van der Waals surface area contributed by atoms with Crippen LogP contribution in [-0.2, 0) is 14.2 Å². The highest BCUT2D eigenvalue weighted by Crippen LogP contribution is 2.48. The molecular formula is C18H34O3. The Morgan fingerprint density at radius 3 is 2.05 bits per heavy atom. The maximum Gasteiger partial charge on any atom is 0.0606 e. The van der Waals surface area contributed by atoms with E-state index in [0.717, 1.165) is 24.9 Å². The molecule has 2 aliphatic carbocycles. The Kier molecular flexibility index (Phi) is 5.72. The van der Waals surface area contributed by atoms with E-state index in [0.29, 0.717) is 19.3 Å². The van der Waals surface area contributed by atoms with Crippen LogP contribution in [0.2, 0.25) is 0 Å². The molecule has 0 aromatic carbocycles. The van der Waals surface area contributed by atoms with E-state index in [1.807, 2.05) is 0 Å². The van der Waals surface area contributed by atoms with Crippen LogP contribution in [0.1, 0.15) is 52.9 Å². The molecule has 3 unspecified atom stereocenters. The molecule has 21 heavy (non-hydrogen) atoms. The Morgan fingerprint density at radius 2 is 1.62 bits per heavy atom. The fourth-order valence-corrected chi connectivity index (χ4v) is 4.30. The van der Waals surface area contributed by atoms with Gasteiger partial charge in [-0.05, 0) is 42.9 Å². The van der Waals surface area contributed by atoms with Crippen molar-refractivity contribution in [2.24, 2.45) is 22.7 Å². The van der Waals surface area contributed by atoms with E-state index in [-0.39, 0.29) is 10.8 Å². The molecule has 0 aromatic rings. The van der Waals surface area contributed by atoms with Crippen LogP contribution in [0.4, 0.5) is 0 Å². The van der Waals surface area contributed by atoms with Gasteiger partial charge in [0.05, 0.1) is 25.9 Å². The first kappa shape index (κ1) is 17.2. The number of hydrogen-bond donors (Lipinski definition) is 0. The lowest BCUT2D eigenvalue weighted by Gasteiger charge is -2.46. The van der Waals surface area contributed by atoms with Gasteiger partial charge in [0, 0.05) is 19.6 Å². The summed E-state index contributed by atoms with van der Waals surface area (Å²) >= 11 is 0. The van der Waals surface area contributed by atoms with E-state index in [9.17, 15) is 0 Å². The van der Waals surface area contributed by atoms with E-state index >= 15 is 0 Å². The minimum Gasteiger partial charge on any atom is -0.384 e. The van der Waals surface area contributed by atoms with Crippen molar-refractivity contribution < 1.29 is 14.2 Å². The monoisotopic (exact) mass is 298 g/mol. The lowest BCUT2D eigenvalue weighted by atomic mass is 9.65. The van der Waals surface area contributed by atoms with E-state index < -0.39 is 0 Å². The number of rotatable bonds is 9. The molecule has 0 aromatic heterocycles. The first-order valence-electron chi connectivity index (χ1n) is 8.57. The van der Waals surface area contributed by atoms with Gasteiger partial charge in [-0.15, -0.1) is 0 Å². The van der Waals surface area contributed by atoms with Gasteiger partial charge in [-0.3, -0.25) is 0 Å². The summed E-state index contributed by atoms with van der Waals surface area (Å²) in [5.74, 6) is 1.74. The zero-order valence-electron chi connectivity index (χ0n) is 14.6. The van der Waals surface area contributed by atoms with E-state index in [2.05, 4.69) is 20.8 Å². The predicted molar refractivity (Wildman–Crippen MR) is 85.4 cm³/mol. The van der Waals surface area contributed by atoms with Gasteiger partial charge >= 0.3 is 0 Å². The summed E-state index contributed by atoms with van der Waals surface area (Å²) in [6.07, 6.45) is 7.03. The average Bonchev–Trinajstić information content (AvgIpc) is 3.07. The maximum atomic E-state index is 6.44. The molecule has 3 heteroatoms. The van der Waals surface area contributed by atoms with E-state index in [4.69, 9.17) is 14.2 Å². The SMILES string of the molecule is CCC(C)(C)C(COC)(COC)COC1CC2CCC1C2. The van der Waals surface area contributed by atoms with Crippen LogP contribution in [0.3, 0.4) is 0 Å². The van der Waals surface area contributed by atoms with Gasteiger partial charge in [-0.2, -0.15) is 0 Å². The highest BCUT2D eigenvalue weighted by Gasteiger charge is 2.47. The standard InChI is InChI=1S/C18H34O3/c1-6-17(2,3)18(11-19-4,12-20-5)13-21-16-10-14-7-8-15(16)9-14/h14-16H,6-13H2,1-5H3. The molecule has 0 N–H and O–H groups in total. The van der Waals surface area contributed by atoms with Gasteiger partial charge < -0.3 is 14.2 Å². The first-order chi connectivity index (χ1) is 9.98. The Bertz CT molecular complexity index is 320. The summed E-state index contributed by atoms with van der Waals surface area (Å²) in [5, 5.41) is 0. The normalized spacial score (nSPS) is 29.3. The van der Waals surface area contributed by atoms with Crippen molar-refractivity contribution in [3.63, 3.8) is 0 Å². The fourth-order valence-electron chi connectivity index (χ4n) is 4.30. The second kappa shape index (κ2) is 6.97. The topological polar surface area (TPSA) is 27.7 Å². The summed E-state index contributed by atoms with van der Waals surface area (Å²) < 4.78 is 17.6. The average molecular weight is 298 g/mol. The number of fused-ring (bicyclic) bond motifs is 2. The van der Waals surface area contributed by atoms with Crippen LogP contribution < -0.4 is 0 Å². The molecule has 2 saturated carbocycles. The summed E-state index contributed by atoms with van der Waals surface area (Å²) in [6, 6.07) is 0. The number of ether oxygens (including phenoxy) is 3. The van der Waals surface area contributed by atoms with Crippen molar-refractivity contribution in [1.82, 2.24) is 0 Å². The lowest BCUT2D eigenvalue weighted by Crippen LogP contribution is -2.49. The summed E-state index contributed by atoms with van der Waals surface area (Å²) in [7, 11) is 3.57. The third-order valence-corrected chi connectivity index (χ3v) is 6.41. The molecule has 0 spiro atoms. The third-order valence-electron chi connectivity index (χ3n) is 6.41.